The molecule has 0 spiro atoms. The molecule has 2 aromatic rings. The molecular weight excluding hydrogens is 435 g/mol. The van der Waals surface area contributed by atoms with Crippen LogP contribution < -0.4 is 15.4 Å². The lowest BCUT2D eigenvalue weighted by molar-refractivity contribution is -0.105. The lowest BCUT2D eigenvalue weighted by Crippen LogP contribution is -2.23. The minimum Gasteiger partial charge on any atom is -0.495 e. The minimum atomic E-state index is -5.54. The van der Waals surface area contributed by atoms with Crippen molar-refractivity contribution in [3.63, 3.8) is 0 Å². The van der Waals surface area contributed by atoms with E-state index in [0.29, 0.717) is 17.4 Å². The maximum absolute atomic E-state index is 12.3. The number of benzene rings is 2. The van der Waals surface area contributed by atoms with E-state index in [-0.39, 0.29) is 12.1 Å². The summed E-state index contributed by atoms with van der Waals surface area (Å²) in [5.74, 6) is 0.601. The molecule has 0 aliphatic rings. The first-order valence-electron chi connectivity index (χ1n) is 7.58. The third-order valence-corrected chi connectivity index (χ3v) is 5.33. The Hall–Kier alpha value is -2.97. The van der Waals surface area contributed by atoms with Gasteiger partial charge in [-0.2, -0.15) is 18.4 Å². The third kappa shape index (κ3) is 6.00. The normalized spacial score (nSPS) is 10.8. The number of hydrogen-bond acceptors (Lipinski definition) is 6. The average molecular weight is 450 g/mol. The van der Waals surface area contributed by atoms with Gasteiger partial charge in [0.15, 0.2) is 0 Å². The summed E-state index contributed by atoms with van der Waals surface area (Å²) in [6.45, 7) is 0. The topological polar surface area (TPSA) is 108 Å². The van der Waals surface area contributed by atoms with Gasteiger partial charge in [0.25, 0.3) is 9.84 Å². The maximum Gasteiger partial charge on any atom is 0.501 e. The number of carbonyl (C=O) groups excluding carboxylic acids is 1. The Morgan fingerprint density at radius 3 is 2.28 bits per heavy atom. The highest BCUT2D eigenvalue weighted by Gasteiger charge is 2.47. The van der Waals surface area contributed by atoms with Gasteiger partial charge in [-0.05, 0) is 30.3 Å². The molecule has 7 nitrogen and oxygen atoms in total. The summed E-state index contributed by atoms with van der Waals surface area (Å²) in [6.07, 6.45) is 0.202. The molecule has 2 N–H and O–H groups in total. The molecule has 2 rings (SSSR count). The van der Waals surface area contributed by atoms with E-state index >= 15 is 0 Å². The minimum absolute atomic E-state index is 0.104. The van der Waals surface area contributed by atoms with Crippen LogP contribution in [0.15, 0.2) is 41.3 Å². The van der Waals surface area contributed by atoms with Gasteiger partial charge in [-0.1, -0.05) is 11.6 Å². The van der Waals surface area contributed by atoms with E-state index in [4.69, 9.17) is 21.6 Å². The molecule has 156 valence electrons. The number of nitriles is 1. The van der Waals surface area contributed by atoms with E-state index < -0.39 is 25.3 Å². The molecular formula is C17H15ClF3N3O4S. The van der Waals surface area contributed by atoms with Crippen molar-refractivity contribution in [2.45, 2.75) is 10.4 Å². The van der Waals surface area contributed by atoms with E-state index in [2.05, 4.69) is 5.32 Å². The van der Waals surface area contributed by atoms with Crippen molar-refractivity contribution in [3.8, 4) is 11.8 Å². The van der Waals surface area contributed by atoms with Gasteiger partial charge in [0, 0.05) is 24.5 Å². The van der Waals surface area contributed by atoms with Crippen molar-refractivity contribution in [1.29, 1.82) is 5.26 Å². The van der Waals surface area contributed by atoms with Crippen molar-refractivity contribution in [1.82, 2.24) is 0 Å². The van der Waals surface area contributed by atoms with Crippen molar-refractivity contribution in [2.24, 2.45) is 0 Å². The van der Waals surface area contributed by atoms with Crippen LogP contribution in [0.4, 0.5) is 24.5 Å². The van der Waals surface area contributed by atoms with Gasteiger partial charge in [0.05, 0.1) is 22.6 Å². The Morgan fingerprint density at radius 1 is 1.17 bits per heavy atom. The molecule has 2 aromatic carbocycles. The Kier molecular flexibility index (Phi) is 8.29. The molecule has 0 saturated heterocycles. The van der Waals surface area contributed by atoms with Gasteiger partial charge < -0.3 is 15.4 Å². The first-order valence-corrected chi connectivity index (χ1v) is 9.45. The largest absolute Gasteiger partial charge is 0.501 e. The number of sulfone groups is 1. The Bertz CT molecular complexity index is 1020. The number of amides is 1. The van der Waals surface area contributed by atoms with Crippen molar-refractivity contribution < 1.29 is 31.1 Å². The Labute approximate surface area is 170 Å². The average Bonchev–Trinajstić information content (AvgIpc) is 2.68. The smallest absolute Gasteiger partial charge is 0.495 e. The van der Waals surface area contributed by atoms with Crippen LogP contribution in [0.3, 0.4) is 0 Å². The number of ether oxygens (including phenoxy) is 1. The zero-order valence-electron chi connectivity index (χ0n) is 15.0. The van der Waals surface area contributed by atoms with Crippen molar-refractivity contribution in [2.75, 3.05) is 24.8 Å². The fourth-order valence-corrected chi connectivity index (χ4v) is 3.21. The van der Waals surface area contributed by atoms with Crippen LogP contribution in [0.25, 0.3) is 0 Å². The molecule has 0 heterocycles. The van der Waals surface area contributed by atoms with Gasteiger partial charge in [-0.25, -0.2) is 8.42 Å². The van der Waals surface area contributed by atoms with Crippen LogP contribution in [0.1, 0.15) is 5.56 Å². The molecule has 0 unspecified atom stereocenters. The van der Waals surface area contributed by atoms with E-state index in [1.54, 1.807) is 19.2 Å². The highest BCUT2D eigenvalue weighted by Crippen LogP contribution is 2.35. The maximum atomic E-state index is 12.3. The molecule has 0 aromatic heterocycles. The fourth-order valence-electron chi connectivity index (χ4n) is 1.93. The molecule has 12 heteroatoms. The first-order chi connectivity index (χ1) is 13.5. The number of carbonyl (C=O) groups is 1. The summed E-state index contributed by atoms with van der Waals surface area (Å²) in [7, 11) is -2.16. The second-order valence-corrected chi connectivity index (χ2v) is 7.45. The first kappa shape index (κ1) is 24.1. The number of methoxy groups -OCH3 is 1. The SMILES string of the molecule is CNc1ccc(C#N)c(OC)c1.O=CNc1ccc(Cl)c(S(=O)(=O)C(F)(F)F)c1. The van der Waals surface area contributed by atoms with E-state index in [1.165, 1.54) is 6.07 Å². The van der Waals surface area contributed by atoms with Gasteiger partial charge in [-0.15, -0.1) is 0 Å². The highest BCUT2D eigenvalue weighted by atomic mass is 35.5. The van der Waals surface area contributed by atoms with Crippen LogP contribution in [0, 0.1) is 11.3 Å². The van der Waals surface area contributed by atoms with Gasteiger partial charge >= 0.3 is 5.51 Å². The quantitative estimate of drug-likeness (QED) is 0.672. The molecule has 0 bridgehead atoms. The second kappa shape index (κ2) is 9.99. The molecule has 0 radical (unpaired) electrons. The summed E-state index contributed by atoms with van der Waals surface area (Å²) >= 11 is 5.39. The predicted molar refractivity (Wildman–Crippen MR) is 102 cm³/mol. The molecule has 0 saturated carbocycles. The molecule has 0 aliphatic carbocycles. The molecule has 0 aliphatic heterocycles. The third-order valence-electron chi connectivity index (χ3n) is 3.36. The van der Waals surface area contributed by atoms with Crippen LogP contribution >= 0.6 is 11.6 Å². The van der Waals surface area contributed by atoms with Crippen LogP contribution in [0.2, 0.25) is 5.02 Å². The summed E-state index contributed by atoms with van der Waals surface area (Å²) in [6, 6.07) is 10.2. The highest BCUT2D eigenvalue weighted by molar-refractivity contribution is 7.92. The number of nitrogens with zero attached hydrogens (tertiary/aromatic N) is 1. The van der Waals surface area contributed by atoms with E-state index in [1.807, 2.05) is 24.5 Å². The van der Waals surface area contributed by atoms with Crippen LogP contribution in [-0.2, 0) is 14.6 Å². The predicted octanol–water partition coefficient (Wildman–Crippen LogP) is 3.81. The fraction of sp³-hybridized carbons (Fsp3) is 0.176. The van der Waals surface area contributed by atoms with Crippen molar-refractivity contribution >= 4 is 39.2 Å². The van der Waals surface area contributed by atoms with Crippen LogP contribution in [0.5, 0.6) is 5.75 Å². The monoisotopic (exact) mass is 449 g/mol. The van der Waals surface area contributed by atoms with Gasteiger partial charge in [-0.3, -0.25) is 4.79 Å². The summed E-state index contributed by atoms with van der Waals surface area (Å²) in [5, 5.41) is 13.1. The number of rotatable bonds is 5. The lowest BCUT2D eigenvalue weighted by atomic mass is 10.2. The second-order valence-electron chi connectivity index (χ2n) is 5.13. The summed E-state index contributed by atoms with van der Waals surface area (Å²) < 4.78 is 64.1. The number of hydrogen-bond donors (Lipinski definition) is 2. The van der Waals surface area contributed by atoms with Crippen molar-refractivity contribution in [3.05, 3.63) is 47.0 Å². The Morgan fingerprint density at radius 2 is 1.79 bits per heavy atom. The van der Waals surface area contributed by atoms with E-state index in [0.717, 1.165) is 11.8 Å². The summed E-state index contributed by atoms with van der Waals surface area (Å²) in [4.78, 5) is 9.00. The zero-order chi connectivity index (χ0) is 22.2. The molecule has 29 heavy (non-hydrogen) atoms. The van der Waals surface area contributed by atoms with E-state index in [9.17, 15) is 26.4 Å². The molecule has 0 fully saturated rings. The number of nitrogens with one attached hydrogen (secondary N) is 2. The number of anilines is 2. The van der Waals surface area contributed by atoms with Crippen LogP contribution in [-0.4, -0.2) is 34.5 Å². The molecule has 1 amide bonds. The zero-order valence-corrected chi connectivity index (χ0v) is 16.6. The summed E-state index contributed by atoms with van der Waals surface area (Å²) in [5.41, 5.74) is -4.06. The van der Waals surface area contributed by atoms with Gasteiger partial charge in [0.2, 0.25) is 6.41 Å². The Balaban J connectivity index is 0.000000308. The lowest BCUT2D eigenvalue weighted by Gasteiger charge is -2.10. The van der Waals surface area contributed by atoms with Gasteiger partial charge in [0.1, 0.15) is 11.8 Å². The molecule has 0 atom stereocenters. The standard InChI is InChI=1S/C9H10N2O.C8H5ClF3NO3S/c1-11-8-4-3-7(6-10)9(5-8)12-2;9-6-2-1-5(13-4-14)3-7(6)17(15,16)8(10,11)12/h3-5,11H,1-2H3;1-4H,(H,13,14). The number of halogens is 4. The number of alkyl halides is 3.